The zero-order valence-corrected chi connectivity index (χ0v) is 13.9. The van der Waals surface area contributed by atoms with Crippen LogP contribution in [0.3, 0.4) is 0 Å². The summed E-state index contributed by atoms with van der Waals surface area (Å²) in [5.74, 6) is -0.0662. The van der Waals surface area contributed by atoms with Gasteiger partial charge in [0.15, 0.2) is 6.61 Å². The van der Waals surface area contributed by atoms with E-state index in [0.717, 1.165) is 11.3 Å². The molecule has 0 fully saturated rings. The van der Waals surface area contributed by atoms with Crippen LogP contribution in [0.2, 0.25) is 0 Å². The Kier molecular flexibility index (Phi) is 6.05. The summed E-state index contributed by atoms with van der Waals surface area (Å²) in [6, 6.07) is 13.1. The molecule has 8 heteroatoms. The summed E-state index contributed by atoms with van der Waals surface area (Å²) < 4.78 is 5.23. The summed E-state index contributed by atoms with van der Waals surface area (Å²) in [6.45, 7) is -0.241. The van der Waals surface area contributed by atoms with Crippen LogP contribution in [0, 0.1) is 10.1 Å². The minimum atomic E-state index is -0.504. The van der Waals surface area contributed by atoms with E-state index in [9.17, 15) is 14.9 Å². The lowest BCUT2D eigenvalue weighted by Gasteiger charge is -2.11. The first-order valence-corrected chi connectivity index (χ1v) is 7.42. The van der Waals surface area contributed by atoms with Gasteiger partial charge in [-0.2, -0.15) is 5.10 Å². The lowest BCUT2D eigenvalue weighted by molar-refractivity contribution is -0.384. The predicted molar refractivity (Wildman–Crippen MR) is 95.1 cm³/mol. The molecule has 0 saturated heterocycles. The molecule has 1 amide bonds. The fourth-order valence-electron chi connectivity index (χ4n) is 1.88. The molecule has 130 valence electrons. The zero-order chi connectivity index (χ0) is 18.2. The highest BCUT2D eigenvalue weighted by atomic mass is 16.6. The van der Waals surface area contributed by atoms with Crippen molar-refractivity contribution in [2.75, 3.05) is 25.6 Å². The van der Waals surface area contributed by atoms with Crippen molar-refractivity contribution in [3.63, 3.8) is 0 Å². The Hall–Kier alpha value is -3.42. The van der Waals surface area contributed by atoms with Gasteiger partial charge < -0.3 is 9.64 Å². The number of nitro groups is 1. The number of nitro benzene ring substituents is 1. The highest BCUT2D eigenvalue weighted by Gasteiger charge is 2.06. The van der Waals surface area contributed by atoms with E-state index in [1.165, 1.54) is 30.5 Å². The smallest absolute Gasteiger partial charge is 0.277 e. The van der Waals surface area contributed by atoms with Gasteiger partial charge in [-0.25, -0.2) is 5.43 Å². The van der Waals surface area contributed by atoms with Crippen LogP contribution in [0.4, 0.5) is 11.4 Å². The van der Waals surface area contributed by atoms with Crippen molar-refractivity contribution >= 4 is 23.5 Å². The third-order valence-electron chi connectivity index (χ3n) is 3.23. The SMILES string of the molecule is CN(C)c1ccc(/C=N/NC(=O)COc2ccc([N+](=O)[O-])cc2)cc1. The van der Waals surface area contributed by atoms with Gasteiger partial charge in [-0.05, 0) is 29.8 Å². The summed E-state index contributed by atoms with van der Waals surface area (Å²) in [4.78, 5) is 23.7. The van der Waals surface area contributed by atoms with Crippen LogP contribution in [0.25, 0.3) is 0 Å². The lowest BCUT2D eigenvalue weighted by Crippen LogP contribution is -2.24. The van der Waals surface area contributed by atoms with E-state index in [2.05, 4.69) is 10.5 Å². The topological polar surface area (TPSA) is 97.1 Å². The van der Waals surface area contributed by atoms with Crippen LogP contribution in [0.5, 0.6) is 5.75 Å². The molecular formula is C17H18N4O4. The van der Waals surface area contributed by atoms with Gasteiger partial charge in [-0.1, -0.05) is 12.1 Å². The second kappa shape index (κ2) is 8.44. The van der Waals surface area contributed by atoms with Crippen LogP contribution in [0.15, 0.2) is 53.6 Å². The summed E-state index contributed by atoms with van der Waals surface area (Å²) >= 11 is 0. The van der Waals surface area contributed by atoms with E-state index in [1.54, 1.807) is 0 Å². The number of rotatable bonds is 7. The van der Waals surface area contributed by atoms with Crippen molar-refractivity contribution in [1.82, 2.24) is 5.43 Å². The average molecular weight is 342 g/mol. The Morgan fingerprint density at radius 2 is 1.84 bits per heavy atom. The Labute approximate surface area is 144 Å². The number of hydrogen-bond acceptors (Lipinski definition) is 6. The van der Waals surface area contributed by atoms with Crippen molar-refractivity contribution in [3.8, 4) is 5.75 Å². The third kappa shape index (κ3) is 5.61. The number of amides is 1. The average Bonchev–Trinajstić information content (AvgIpc) is 2.60. The Balaban J connectivity index is 1.79. The van der Waals surface area contributed by atoms with Crippen LogP contribution in [0.1, 0.15) is 5.56 Å². The maximum absolute atomic E-state index is 11.7. The quantitative estimate of drug-likeness (QED) is 0.472. The number of nitrogens with zero attached hydrogens (tertiary/aromatic N) is 3. The van der Waals surface area contributed by atoms with Gasteiger partial charge in [0.05, 0.1) is 11.1 Å². The molecular weight excluding hydrogens is 324 g/mol. The minimum Gasteiger partial charge on any atom is -0.484 e. The van der Waals surface area contributed by atoms with Gasteiger partial charge in [-0.15, -0.1) is 0 Å². The third-order valence-corrected chi connectivity index (χ3v) is 3.23. The predicted octanol–water partition coefficient (Wildman–Crippen LogP) is 2.19. The maximum atomic E-state index is 11.7. The molecule has 25 heavy (non-hydrogen) atoms. The van der Waals surface area contributed by atoms with Gasteiger partial charge in [0, 0.05) is 31.9 Å². The minimum absolute atomic E-state index is 0.0401. The number of benzene rings is 2. The molecule has 0 bridgehead atoms. The van der Waals surface area contributed by atoms with E-state index in [0.29, 0.717) is 5.75 Å². The summed E-state index contributed by atoms with van der Waals surface area (Å²) in [6.07, 6.45) is 1.53. The number of carbonyl (C=O) groups excluding carboxylic acids is 1. The van der Waals surface area contributed by atoms with Crippen LogP contribution >= 0.6 is 0 Å². The molecule has 2 aromatic rings. The van der Waals surface area contributed by atoms with Crippen molar-refractivity contribution in [2.24, 2.45) is 5.10 Å². The monoisotopic (exact) mass is 342 g/mol. The molecule has 0 aliphatic carbocycles. The largest absolute Gasteiger partial charge is 0.484 e. The molecule has 0 atom stereocenters. The fraction of sp³-hybridized carbons (Fsp3) is 0.176. The number of hydrazone groups is 1. The van der Waals surface area contributed by atoms with Gasteiger partial charge in [0.1, 0.15) is 5.75 Å². The first-order valence-electron chi connectivity index (χ1n) is 7.42. The molecule has 0 saturated carbocycles. The highest BCUT2D eigenvalue weighted by Crippen LogP contribution is 2.17. The summed E-state index contributed by atoms with van der Waals surface area (Å²) in [7, 11) is 3.91. The molecule has 2 aromatic carbocycles. The molecule has 0 aromatic heterocycles. The summed E-state index contributed by atoms with van der Waals surface area (Å²) in [5.41, 5.74) is 4.23. The molecule has 0 spiro atoms. The maximum Gasteiger partial charge on any atom is 0.277 e. The number of hydrogen-bond donors (Lipinski definition) is 1. The fourth-order valence-corrected chi connectivity index (χ4v) is 1.88. The first-order chi connectivity index (χ1) is 12.0. The second-order valence-corrected chi connectivity index (χ2v) is 5.32. The van der Waals surface area contributed by atoms with E-state index in [4.69, 9.17) is 4.74 Å². The molecule has 0 aliphatic heterocycles. The van der Waals surface area contributed by atoms with Crippen molar-refractivity contribution < 1.29 is 14.5 Å². The van der Waals surface area contributed by atoms with E-state index in [1.807, 2.05) is 43.3 Å². The Bertz CT molecular complexity index is 755. The number of carbonyl (C=O) groups is 1. The molecule has 0 aliphatic rings. The normalized spacial score (nSPS) is 10.5. The van der Waals surface area contributed by atoms with Crippen molar-refractivity contribution in [1.29, 1.82) is 0 Å². The molecule has 8 nitrogen and oxygen atoms in total. The highest BCUT2D eigenvalue weighted by molar-refractivity contribution is 5.83. The van der Waals surface area contributed by atoms with Gasteiger partial charge in [0.25, 0.3) is 11.6 Å². The number of non-ortho nitro benzene ring substituents is 1. The second-order valence-electron chi connectivity index (χ2n) is 5.32. The van der Waals surface area contributed by atoms with Gasteiger partial charge in [0.2, 0.25) is 0 Å². The van der Waals surface area contributed by atoms with Gasteiger partial charge in [-0.3, -0.25) is 14.9 Å². The number of nitrogens with one attached hydrogen (secondary N) is 1. The molecule has 2 rings (SSSR count). The molecule has 0 radical (unpaired) electrons. The van der Waals surface area contributed by atoms with Crippen LogP contribution < -0.4 is 15.1 Å². The standard InChI is InChI=1S/C17H18N4O4/c1-20(2)14-5-3-13(4-6-14)11-18-19-17(22)12-25-16-9-7-15(8-10-16)21(23)24/h3-11H,12H2,1-2H3,(H,19,22)/b18-11+. The number of anilines is 1. The van der Waals surface area contributed by atoms with Gasteiger partial charge >= 0.3 is 0 Å². The first kappa shape index (κ1) is 17.9. The molecule has 1 N–H and O–H groups in total. The lowest BCUT2D eigenvalue weighted by atomic mass is 10.2. The van der Waals surface area contributed by atoms with Crippen molar-refractivity contribution in [3.05, 3.63) is 64.2 Å². The van der Waals surface area contributed by atoms with E-state index < -0.39 is 10.8 Å². The van der Waals surface area contributed by atoms with Crippen LogP contribution in [-0.2, 0) is 4.79 Å². The number of ether oxygens (including phenoxy) is 1. The van der Waals surface area contributed by atoms with E-state index >= 15 is 0 Å². The van der Waals surface area contributed by atoms with Crippen LogP contribution in [-0.4, -0.2) is 37.7 Å². The Morgan fingerprint density at radius 3 is 2.40 bits per heavy atom. The Morgan fingerprint density at radius 1 is 1.20 bits per heavy atom. The summed E-state index contributed by atoms with van der Waals surface area (Å²) in [5, 5.41) is 14.4. The zero-order valence-electron chi connectivity index (χ0n) is 13.9. The molecule has 0 heterocycles. The van der Waals surface area contributed by atoms with E-state index in [-0.39, 0.29) is 12.3 Å². The van der Waals surface area contributed by atoms with Crippen molar-refractivity contribution in [2.45, 2.75) is 0 Å². The molecule has 0 unspecified atom stereocenters.